The maximum Gasteiger partial charge on any atom is 0.216 e. The van der Waals surface area contributed by atoms with Crippen molar-refractivity contribution in [3.8, 4) is 0 Å². The first-order valence-electron chi connectivity index (χ1n) is 6.79. The molecule has 18 heavy (non-hydrogen) atoms. The van der Waals surface area contributed by atoms with Gasteiger partial charge in [0.05, 0.1) is 18.5 Å². The second-order valence-electron chi connectivity index (χ2n) is 4.94. The van der Waals surface area contributed by atoms with E-state index in [0.29, 0.717) is 6.54 Å². The quantitative estimate of drug-likeness (QED) is 0.749. The van der Waals surface area contributed by atoms with Crippen LogP contribution in [0.15, 0.2) is 0 Å². The molecule has 0 aromatic rings. The second-order valence-corrected chi connectivity index (χ2v) is 6.98. The molecule has 0 saturated carbocycles. The molecule has 0 aromatic heterocycles. The van der Waals surface area contributed by atoms with E-state index in [4.69, 9.17) is 4.74 Å². The van der Waals surface area contributed by atoms with E-state index in [1.165, 1.54) is 0 Å². The number of ether oxygens (including phenoxy) is 1. The lowest BCUT2D eigenvalue weighted by Gasteiger charge is -2.33. The van der Waals surface area contributed by atoms with Gasteiger partial charge in [-0.1, -0.05) is 6.92 Å². The van der Waals surface area contributed by atoms with Gasteiger partial charge in [-0.3, -0.25) is 0 Å². The molecule has 1 fully saturated rings. The van der Waals surface area contributed by atoms with Crippen molar-refractivity contribution in [2.45, 2.75) is 45.8 Å². The lowest BCUT2D eigenvalue weighted by atomic mass is 10.1. The van der Waals surface area contributed by atoms with Crippen molar-refractivity contribution in [3.63, 3.8) is 0 Å². The van der Waals surface area contributed by atoms with E-state index in [-0.39, 0.29) is 24.5 Å². The fraction of sp³-hybridized carbons (Fsp3) is 1.00. The minimum atomic E-state index is -3.20. The molecule has 1 N–H and O–H groups in total. The zero-order valence-electron chi connectivity index (χ0n) is 11.7. The summed E-state index contributed by atoms with van der Waals surface area (Å²) in [5.41, 5.74) is 0. The molecule has 1 atom stereocenters. The number of nitrogens with zero attached hydrogens (tertiary/aromatic N) is 1. The lowest BCUT2D eigenvalue weighted by Crippen LogP contribution is -2.49. The summed E-state index contributed by atoms with van der Waals surface area (Å²) in [6.45, 7) is 8.29. The number of rotatable bonds is 7. The summed E-state index contributed by atoms with van der Waals surface area (Å²) in [6, 6.07) is 0.104. The first-order valence-corrected chi connectivity index (χ1v) is 8.40. The zero-order chi connectivity index (χ0) is 13.6. The summed E-state index contributed by atoms with van der Waals surface area (Å²) < 4.78 is 31.5. The smallest absolute Gasteiger partial charge is 0.216 e. The van der Waals surface area contributed by atoms with E-state index in [1.54, 1.807) is 4.31 Å². The number of hydrogen-bond acceptors (Lipinski definition) is 4. The summed E-state index contributed by atoms with van der Waals surface area (Å²) in [6.07, 6.45) is 2.07. The molecule has 1 aliphatic rings. The third kappa shape index (κ3) is 4.84. The van der Waals surface area contributed by atoms with Crippen LogP contribution in [-0.2, 0) is 14.8 Å². The number of nitrogens with one attached hydrogen (secondary N) is 1. The van der Waals surface area contributed by atoms with Crippen molar-refractivity contribution in [2.24, 2.45) is 0 Å². The fourth-order valence-corrected chi connectivity index (χ4v) is 3.84. The van der Waals surface area contributed by atoms with Gasteiger partial charge in [0, 0.05) is 19.1 Å². The van der Waals surface area contributed by atoms with Gasteiger partial charge in [-0.25, -0.2) is 8.42 Å². The van der Waals surface area contributed by atoms with Crippen molar-refractivity contribution in [1.82, 2.24) is 9.62 Å². The van der Waals surface area contributed by atoms with Crippen LogP contribution in [0.1, 0.15) is 33.6 Å². The standard InChI is InChI=1S/C12H26N2O3S/c1-4-14(12-6-5-7-13-10-12)18(15,16)9-8-17-11(2)3/h11-13H,4-10H2,1-3H3. The van der Waals surface area contributed by atoms with Crippen LogP contribution in [0.2, 0.25) is 0 Å². The molecule has 1 rings (SSSR count). The summed E-state index contributed by atoms with van der Waals surface area (Å²) in [7, 11) is -3.20. The van der Waals surface area contributed by atoms with Crippen LogP contribution in [0.4, 0.5) is 0 Å². The van der Waals surface area contributed by atoms with Gasteiger partial charge >= 0.3 is 0 Å². The third-order valence-electron chi connectivity index (χ3n) is 3.14. The Morgan fingerprint density at radius 1 is 1.44 bits per heavy atom. The van der Waals surface area contributed by atoms with Crippen LogP contribution in [0.25, 0.3) is 0 Å². The molecule has 1 aliphatic heterocycles. The molecule has 0 aliphatic carbocycles. The van der Waals surface area contributed by atoms with Crippen molar-refractivity contribution in [1.29, 1.82) is 0 Å². The molecule has 5 nitrogen and oxygen atoms in total. The third-order valence-corrected chi connectivity index (χ3v) is 5.09. The predicted molar refractivity (Wildman–Crippen MR) is 73.1 cm³/mol. The Hall–Kier alpha value is -0.170. The Morgan fingerprint density at radius 3 is 2.67 bits per heavy atom. The van der Waals surface area contributed by atoms with E-state index < -0.39 is 10.0 Å². The van der Waals surface area contributed by atoms with Crippen molar-refractivity contribution in [2.75, 3.05) is 32.0 Å². The van der Waals surface area contributed by atoms with Crippen molar-refractivity contribution < 1.29 is 13.2 Å². The summed E-state index contributed by atoms with van der Waals surface area (Å²) in [5, 5.41) is 3.26. The molecule has 1 unspecified atom stereocenters. The highest BCUT2D eigenvalue weighted by Crippen LogP contribution is 2.15. The summed E-state index contributed by atoms with van der Waals surface area (Å²) in [5.74, 6) is 0.0789. The lowest BCUT2D eigenvalue weighted by molar-refractivity contribution is 0.0904. The monoisotopic (exact) mass is 278 g/mol. The van der Waals surface area contributed by atoms with Crippen LogP contribution >= 0.6 is 0 Å². The molecule has 1 saturated heterocycles. The number of hydrogen-bond donors (Lipinski definition) is 1. The zero-order valence-corrected chi connectivity index (χ0v) is 12.5. The average Bonchev–Trinajstić information content (AvgIpc) is 2.30. The largest absolute Gasteiger partial charge is 0.378 e. The van der Waals surface area contributed by atoms with Crippen LogP contribution in [0, 0.1) is 0 Å². The van der Waals surface area contributed by atoms with E-state index in [0.717, 1.165) is 25.9 Å². The topological polar surface area (TPSA) is 58.6 Å². The number of likely N-dealkylation sites (N-methyl/N-ethyl adjacent to an activating group) is 1. The van der Waals surface area contributed by atoms with Gasteiger partial charge in [-0.2, -0.15) is 4.31 Å². The number of piperidine rings is 1. The number of sulfonamides is 1. The van der Waals surface area contributed by atoms with Gasteiger partial charge in [0.25, 0.3) is 0 Å². The van der Waals surface area contributed by atoms with Gasteiger partial charge in [-0.15, -0.1) is 0 Å². The molecule has 1 heterocycles. The normalized spacial score (nSPS) is 21.7. The maximum atomic E-state index is 12.3. The predicted octanol–water partition coefficient (Wildman–Crippen LogP) is 0.815. The Bertz CT molecular complexity index is 324. The molecule has 0 bridgehead atoms. The van der Waals surface area contributed by atoms with E-state index >= 15 is 0 Å². The molecule has 0 aromatic carbocycles. The molecule has 108 valence electrons. The minimum Gasteiger partial charge on any atom is -0.378 e. The average molecular weight is 278 g/mol. The van der Waals surface area contributed by atoms with Gasteiger partial charge in [0.15, 0.2) is 0 Å². The van der Waals surface area contributed by atoms with Gasteiger partial charge in [-0.05, 0) is 33.2 Å². The van der Waals surface area contributed by atoms with Crippen LogP contribution in [-0.4, -0.2) is 56.9 Å². The Labute approximate surface area is 111 Å². The second kappa shape index (κ2) is 7.43. The van der Waals surface area contributed by atoms with Crippen molar-refractivity contribution in [3.05, 3.63) is 0 Å². The molecular weight excluding hydrogens is 252 g/mol. The highest BCUT2D eigenvalue weighted by Gasteiger charge is 2.29. The van der Waals surface area contributed by atoms with Crippen LogP contribution in [0.3, 0.4) is 0 Å². The van der Waals surface area contributed by atoms with Gasteiger partial charge in [0.2, 0.25) is 10.0 Å². The first-order chi connectivity index (χ1) is 8.47. The Kier molecular flexibility index (Phi) is 6.55. The van der Waals surface area contributed by atoms with E-state index in [1.807, 2.05) is 20.8 Å². The van der Waals surface area contributed by atoms with Crippen LogP contribution < -0.4 is 5.32 Å². The Morgan fingerprint density at radius 2 is 2.17 bits per heavy atom. The molecule has 0 amide bonds. The van der Waals surface area contributed by atoms with Gasteiger partial charge in [0.1, 0.15) is 0 Å². The Balaban J connectivity index is 2.55. The molecule has 0 spiro atoms. The maximum absolute atomic E-state index is 12.3. The minimum absolute atomic E-state index is 0.0756. The van der Waals surface area contributed by atoms with Crippen molar-refractivity contribution >= 4 is 10.0 Å². The highest BCUT2D eigenvalue weighted by molar-refractivity contribution is 7.89. The molecular formula is C12H26N2O3S. The van der Waals surface area contributed by atoms with E-state index in [9.17, 15) is 8.42 Å². The molecule has 0 radical (unpaired) electrons. The van der Waals surface area contributed by atoms with E-state index in [2.05, 4.69) is 5.32 Å². The van der Waals surface area contributed by atoms with Gasteiger partial charge < -0.3 is 10.1 Å². The summed E-state index contributed by atoms with van der Waals surface area (Å²) >= 11 is 0. The fourth-order valence-electron chi connectivity index (χ4n) is 2.27. The summed E-state index contributed by atoms with van der Waals surface area (Å²) in [4.78, 5) is 0. The SMILES string of the molecule is CCN(C1CCCNC1)S(=O)(=O)CCOC(C)C. The first kappa shape index (κ1) is 15.9. The highest BCUT2D eigenvalue weighted by atomic mass is 32.2. The van der Waals surface area contributed by atoms with Crippen LogP contribution in [0.5, 0.6) is 0 Å². The molecule has 6 heteroatoms.